The zero-order valence-electron chi connectivity index (χ0n) is 13.0. The Labute approximate surface area is 139 Å². The van der Waals surface area contributed by atoms with Gasteiger partial charge < -0.3 is 9.84 Å². The van der Waals surface area contributed by atoms with E-state index in [9.17, 15) is 10.1 Å². The predicted molar refractivity (Wildman–Crippen MR) is 90.4 cm³/mol. The van der Waals surface area contributed by atoms with E-state index in [1.165, 1.54) is 11.6 Å². The molecule has 2 aromatic rings. The second kappa shape index (κ2) is 5.96. The monoisotopic (exact) mass is 323 g/mol. The molecule has 0 saturated heterocycles. The Bertz CT molecular complexity index is 824. The van der Waals surface area contributed by atoms with Gasteiger partial charge in [0.15, 0.2) is 0 Å². The van der Waals surface area contributed by atoms with Gasteiger partial charge in [-0.15, -0.1) is 0 Å². The number of hydrazone groups is 1. The molecule has 2 aliphatic rings. The number of benzene rings is 1. The van der Waals surface area contributed by atoms with Gasteiger partial charge >= 0.3 is 0 Å². The number of furan rings is 1. The van der Waals surface area contributed by atoms with Gasteiger partial charge in [-0.3, -0.25) is 10.1 Å². The SMILES string of the molecule is O=[N+]([O-])c1cccc([C@H]2NN=C3/C(=C/c4ccco4)CCC[C@H]32)c1. The van der Waals surface area contributed by atoms with Gasteiger partial charge in [0.2, 0.25) is 0 Å². The number of nitrogens with one attached hydrogen (secondary N) is 1. The highest BCUT2D eigenvalue weighted by Crippen LogP contribution is 2.39. The van der Waals surface area contributed by atoms with Gasteiger partial charge in [-0.05, 0) is 48.6 Å². The second-order valence-corrected chi connectivity index (χ2v) is 6.14. The number of nitro benzene ring substituents is 1. The third kappa shape index (κ3) is 2.60. The van der Waals surface area contributed by atoms with Crippen molar-refractivity contribution >= 4 is 17.5 Å². The molecular weight excluding hydrogens is 306 g/mol. The van der Waals surface area contributed by atoms with Crippen LogP contribution in [0, 0.1) is 16.0 Å². The highest BCUT2D eigenvalue weighted by atomic mass is 16.6. The Balaban J connectivity index is 1.62. The van der Waals surface area contributed by atoms with Crippen LogP contribution in [-0.2, 0) is 0 Å². The highest BCUT2D eigenvalue weighted by Gasteiger charge is 2.37. The fraction of sp³-hybridized carbons (Fsp3) is 0.278. The molecule has 6 heteroatoms. The van der Waals surface area contributed by atoms with E-state index in [2.05, 4.69) is 10.5 Å². The molecule has 1 N–H and O–H groups in total. The minimum atomic E-state index is -0.358. The van der Waals surface area contributed by atoms with Crippen molar-refractivity contribution in [2.75, 3.05) is 0 Å². The summed E-state index contributed by atoms with van der Waals surface area (Å²) >= 11 is 0. The first-order valence-corrected chi connectivity index (χ1v) is 8.04. The lowest BCUT2D eigenvalue weighted by Gasteiger charge is -2.26. The van der Waals surface area contributed by atoms with E-state index in [4.69, 9.17) is 4.42 Å². The van der Waals surface area contributed by atoms with E-state index in [-0.39, 0.29) is 22.6 Å². The maximum atomic E-state index is 11.0. The predicted octanol–water partition coefficient (Wildman–Crippen LogP) is 4.07. The topological polar surface area (TPSA) is 80.7 Å². The Hall–Kier alpha value is -2.89. The number of nitrogens with zero attached hydrogens (tertiary/aromatic N) is 2. The number of rotatable bonds is 3. The molecule has 2 atom stereocenters. The molecule has 6 nitrogen and oxygen atoms in total. The van der Waals surface area contributed by atoms with Crippen LogP contribution >= 0.6 is 0 Å². The van der Waals surface area contributed by atoms with Crippen LogP contribution in [0.15, 0.2) is 57.8 Å². The lowest BCUT2D eigenvalue weighted by molar-refractivity contribution is -0.384. The van der Waals surface area contributed by atoms with Crippen LogP contribution in [0.1, 0.15) is 36.6 Å². The summed E-state index contributed by atoms with van der Waals surface area (Å²) in [6.07, 6.45) is 6.77. The Morgan fingerprint density at radius 1 is 1.33 bits per heavy atom. The molecule has 0 spiro atoms. The highest BCUT2D eigenvalue weighted by molar-refractivity contribution is 6.06. The van der Waals surface area contributed by atoms with Crippen LogP contribution in [-0.4, -0.2) is 10.6 Å². The summed E-state index contributed by atoms with van der Waals surface area (Å²) in [7, 11) is 0. The lowest BCUT2D eigenvalue weighted by Crippen LogP contribution is -2.25. The lowest BCUT2D eigenvalue weighted by atomic mass is 9.78. The molecule has 24 heavy (non-hydrogen) atoms. The van der Waals surface area contributed by atoms with E-state index in [1.807, 2.05) is 24.3 Å². The number of fused-ring (bicyclic) bond motifs is 1. The average molecular weight is 323 g/mol. The van der Waals surface area contributed by atoms with Crippen LogP contribution in [0.25, 0.3) is 6.08 Å². The molecule has 2 heterocycles. The van der Waals surface area contributed by atoms with Crippen LogP contribution in [0.2, 0.25) is 0 Å². The van der Waals surface area contributed by atoms with Gasteiger partial charge in [-0.25, -0.2) is 0 Å². The summed E-state index contributed by atoms with van der Waals surface area (Å²) < 4.78 is 5.41. The number of allylic oxidation sites excluding steroid dienone is 1. The molecule has 1 aromatic carbocycles. The molecule has 0 radical (unpaired) electrons. The standard InChI is InChI=1S/C18H17N3O3/c22-21(23)14-6-1-4-12(10-14)17-16-8-2-5-13(18(16)20-19-17)11-15-7-3-9-24-15/h1,3-4,6-7,9-11,16-17,19H,2,5,8H2/b13-11+/t16-,17+/m0/s1. The number of hydrogen-bond acceptors (Lipinski definition) is 5. The van der Waals surface area contributed by atoms with E-state index in [0.29, 0.717) is 0 Å². The van der Waals surface area contributed by atoms with Crippen molar-refractivity contribution in [1.82, 2.24) is 5.43 Å². The van der Waals surface area contributed by atoms with Crippen LogP contribution < -0.4 is 5.43 Å². The normalized spacial score (nSPS) is 24.3. The average Bonchev–Trinajstić information content (AvgIpc) is 3.25. The molecule has 1 fully saturated rings. The van der Waals surface area contributed by atoms with Crippen molar-refractivity contribution in [2.24, 2.45) is 11.0 Å². The smallest absolute Gasteiger partial charge is 0.269 e. The quantitative estimate of drug-likeness (QED) is 0.682. The zero-order chi connectivity index (χ0) is 16.5. The molecule has 122 valence electrons. The fourth-order valence-electron chi connectivity index (χ4n) is 3.55. The number of hydrogen-bond donors (Lipinski definition) is 1. The van der Waals surface area contributed by atoms with Crippen LogP contribution in [0.5, 0.6) is 0 Å². The molecule has 1 aromatic heterocycles. The van der Waals surface area contributed by atoms with Gasteiger partial charge in [0.25, 0.3) is 5.69 Å². The van der Waals surface area contributed by atoms with E-state index in [0.717, 1.165) is 36.3 Å². The fourth-order valence-corrected chi connectivity index (χ4v) is 3.55. The summed E-state index contributed by atoms with van der Waals surface area (Å²) in [4.78, 5) is 10.7. The molecule has 0 unspecified atom stereocenters. The van der Waals surface area contributed by atoms with Crippen molar-refractivity contribution in [3.8, 4) is 0 Å². The maximum Gasteiger partial charge on any atom is 0.269 e. The largest absolute Gasteiger partial charge is 0.465 e. The Morgan fingerprint density at radius 2 is 2.25 bits per heavy atom. The van der Waals surface area contributed by atoms with Crippen LogP contribution in [0.3, 0.4) is 0 Å². The molecule has 4 rings (SSSR count). The van der Waals surface area contributed by atoms with Crippen molar-refractivity contribution < 1.29 is 9.34 Å². The van der Waals surface area contributed by atoms with Gasteiger partial charge in [0.05, 0.1) is 22.9 Å². The van der Waals surface area contributed by atoms with Crippen molar-refractivity contribution in [1.29, 1.82) is 0 Å². The van der Waals surface area contributed by atoms with E-state index >= 15 is 0 Å². The summed E-state index contributed by atoms with van der Waals surface area (Å²) in [5.41, 5.74) is 6.44. The van der Waals surface area contributed by atoms with Gasteiger partial charge in [-0.1, -0.05) is 12.1 Å². The number of non-ortho nitro benzene ring substituents is 1. The van der Waals surface area contributed by atoms with Crippen molar-refractivity contribution in [2.45, 2.75) is 25.3 Å². The number of nitro groups is 1. The molecular formula is C18H17N3O3. The second-order valence-electron chi connectivity index (χ2n) is 6.14. The molecule has 0 bridgehead atoms. The first-order chi connectivity index (χ1) is 11.7. The maximum absolute atomic E-state index is 11.0. The first-order valence-electron chi connectivity index (χ1n) is 8.04. The third-order valence-electron chi connectivity index (χ3n) is 4.67. The van der Waals surface area contributed by atoms with Gasteiger partial charge in [0, 0.05) is 18.1 Å². The van der Waals surface area contributed by atoms with Crippen molar-refractivity contribution in [3.05, 3.63) is 69.7 Å². The summed E-state index contributed by atoms with van der Waals surface area (Å²) in [5.74, 6) is 1.06. The van der Waals surface area contributed by atoms with Crippen LogP contribution in [0.4, 0.5) is 5.69 Å². The molecule has 1 aliphatic heterocycles. The van der Waals surface area contributed by atoms with Gasteiger partial charge in [-0.2, -0.15) is 5.10 Å². The summed E-state index contributed by atoms with van der Waals surface area (Å²) in [5, 5.41) is 15.6. The van der Waals surface area contributed by atoms with Gasteiger partial charge in [0.1, 0.15) is 5.76 Å². The first kappa shape index (κ1) is 14.7. The zero-order valence-corrected chi connectivity index (χ0v) is 13.0. The Kier molecular flexibility index (Phi) is 3.65. The van der Waals surface area contributed by atoms with Crippen molar-refractivity contribution in [3.63, 3.8) is 0 Å². The molecule has 1 aliphatic carbocycles. The van der Waals surface area contributed by atoms with E-state index < -0.39 is 0 Å². The summed E-state index contributed by atoms with van der Waals surface area (Å²) in [6.45, 7) is 0. The third-order valence-corrected chi connectivity index (χ3v) is 4.67. The Morgan fingerprint density at radius 3 is 3.04 bits per heavy atom. The van der Waals surface area contributed by atoms with E-state index in [1.54, 1.807) is 18.4 Å². The molecule has 1 saturated carbocycles. The minimum Gasteiger partial charge on any atom is -0.465 e. The summed E-state index contributed by atoms with van der Waals surface area (Å²) in [6, 6.07) is 10.6. The minimum absolute atomic E-state index is 0.0137. The molecule has 0 amide bonds.